The molecule has 0 atom stereocenters. The van der Waals surface area contributed by atoms with Crippen LogP contribution in [-0.2, 0) is 13.6 Å². The number of nitrogens with one attached hydrogen (secondary N) is 1. The molecule has 1 heterocycles. The van der Waals surface area contributed by atoms with Crippen LogP contribution in [0, 0.1) is 0 Å². The van der Waals surface area contributed by atoms with Gasteiger partial charge in [0.15, 0.2) is 0 Å². The second kappa shape index (κ2) is 5.36. The zero-order valence-electron chi connectivity index (χ0n) is 8.08. The maximum Gasteiger partial charge on any atom is 0.441 e. The molecule has 0 aliphatic rings. The molecule has 1 aromatic heterocycles. The SMILES string of the molecule is Cn1cc(CNCCSC(F)(F)F)nn1. The molecular formula is C7H11F3N4S. The van der Waals surface area contributed by atoms with Crippen LogP contribution in [-0.4, -0.2) is 32.8 Å². The molecule has 0 amide bonds. The van der Waals surface area contributed by atoms with Crippen molar-refractivity contribution in [2.24, 2.45) is 7.05 Å². The standard InChI is InChI=1S/C7H11F3N4S/c1-14-5-6(12-13-14)4-11-2-3-15-7(8,9)10/h5,11H,2-4H2,1H3. The summed E-state index contributed by atoms with van der Waals surface area (Å²) in [6, 6.07) is 0. The zero-order chi connectivity index (χ0) is 11.3. The summed E-state index contributed by atoms with van der Waals surface area (Å²) in [5, 5.41) is 10.3. The second-order valence-corrected chi connectivity index (χ2v) is 4.01. The van der Waals surface area contributed by atoms with Gasteiger partial charge in [-0.15, -0.1) is 5.10 Å². The van der Waals surface area contributed by atoms with Crippen molar-refractivity contribution in [1.82, 2.24) is 20.3 Å². The first kappa shape index (κ1) is 12.3. The highest BCUT2D eigenvalue weighted by Gasteiger charge is 2.27. The van der Waals surface area contributed by atoms with Gasteiger partial charge in [-0.05, 0) is 11.8 Å². The summed E-state index contributed by atoms with van der Waals surface area (Å²) in [7, 11) is 1.73. The molecule has 1 N–H and O–H groups in total. The molecule has 8 heteroatoms. The fourth-order valence-corrected chi connectivity index (χ4v) is 1.41. The number of alkyl halides is 3. The van der Waals surface area contributed by atoms with Crippen molar-refractivity contribution in [2.45, 2.75) is 12.1 Å². The smallest absolute Gasteiger partial charge is 0.310 e. The Morgan fingerprint density at radius 3 is 2.80 bits per heavy atom. The highest BCUT2D eigenvalue weighted by Crippen LogP contribution is 2.29. The lowest BCUT2D eigenvalue weighted by atomic mass is 10.5. The van der Waals surface area contributed by atoms with Crippen LogP contribution < -0.4 is 5.32 Å². The lowest BCUT2D eigenvalue weighted by Crippen LogP contribution is -2.18. The van der Waals surface area contributed by atoms with E-state index >= 15 is 0 Å². The molecule has 86 valence electrons. The number of rotatable bonds is 5. The number of nitrogens with zero attached hydrogens (tertiary/aromatic N) is 3. The van der Waals surface area contributed by atoms with Crippen LogP contribution in [0.4, 0.5) is 13.2 Å². The summed E-state index contributed by atoms with van der Waals surface area (Å²) < 4.78 is 36.7. The Kier molecular flexibility index (Phi) is 4.40. The number of halogens is 3. The van der Waals surface area contributed by atoms with E-state index in [4.69, 9.17) is 0 Å². The van der Waals surface area contributed by atoms with E-state index in [-0.39, 0.29) is 17.5 Å². The van der Waals surface area contributed by atoms with Gasteiger partial charge in [0, 0.05) is 32.1 Å². The quantitative estimate of drug-likeness (QED) is 0.784. The van der Waals surface area contributed by atoms with Gasteiger partial charge in [0.05, 0.1) is 5.69 Å². The largest absolute Gasteiger partial charge is 0.441 e. The second-order valence-electron chi connectivity index (χ2n) is 2.85. The summed E-state index contributed by atoms with van der Waals surface area (Å²) in [4.78, 5) is 0. The van der Waals surface area contributed by atoms with Crippen LogP contribution in [0.2, 0.25) is 0 Å². The number of hydrogen-bond acceptors (Lipinski definition) is 4. The topological polar surface area (TPSA) is 42.7 Å². The molecule has 15 heavy (non-hydrogen) atoms. The zero-order valence-corrected chi connectivity index (χ0v) is 8.90. The molecule has 0 aliphatic carbocycles. The van der Waals surface area contributed by atoms with E-state index in [2.05, 4.69) is 15.6 Å². The minimum atomic E-state index is -4.14. The van der Waals surface area contributed by atoms with Gasteiger partial charge in [-0.25, -0.2) is 0 Å². The summed E-state index contributed by atoms with van der Waals surface area (Å²) in [6.45, 7) is 0.729. The van der Waals surface area contributed by atoms with Crippen LogP contribution >= 0.6 is 11.8 Å². The van der Waals surface area contributed by atoms with E-state index in [1.807, 2.05) is 0 Å². The molecule has 0 bridgehead atoms. The summed E-state index contributed by atoms with van der Waals surface area (Å²) >= 11 is -0.0298. The molecule has 0 fully saturated rings. The maximum absolute atomic E-state index is 11.7. The average molecular weight is 240 g/mol. The van der Waals surface area contributed by atoms with Crippen LogP contribution in [0.15, 0.2) is 6.20 Å². The van der Waals surface area contributed by atoms with E-state index in [9.17, 15) is 13.2 Å². The van der Waals surface area contributed by atoms with E-state index in [0.29, 0.717) is 13.1 Å². The van der Waals surface area contributed by atoms with E-state index < -0.39 is 5.51 Å². The molecular weight excluding hydrogens is 229 g/mol. The fourth-order valence-electron chi connectivity index (χ4n) is 0.932. The Morgan fingerprint density at radius 2 is 2.27 bits per heavy atom. The maximum atomic E-state index is 11.7. The highest BCUT2D eigenvalue weighted by molar-refractivity contribution is 8.00. The van der Waals surface area contributed by atoms with Gasteiger partial charge in [-0.2, -0.15) is 13.2 Å². The monoisotopic (exact) mass is 240 g/mol. The van der Waals surface area contributed by atoms with Gasteiger partial charge < -0.3 is 5.32 Å². The van der Waals surface area contributed by atoms with Crippen LogP contribution in [0.5, 0.6) is 0 Å². The Balaban J connectivity index is 2.07. The summed E-state index contributed by atoms with van der Waals surface area (Å²) in [5.74, 6) is 0.00373. The van der Waals surface area contributed by atoms with E-state index in [0.717, 1.165) is 5.69 Å². The van der Waals surface area contributed by atoms with Crippen LogP contribution in [0.3, 0.4) is 0 Å². The van der Waals surface area contributed by atoms with Gasteiger partial charge in [0.1, 0.15) is 0 Å². The number of aromatic nitrogens is 3. The van der Waals surface area contributed by atoms with E-state index in [1.165, 1.54) is 0 Å². The van der Waals surface area contributed by atoms with Crippen LogP contribution in [0.25, 0.3) is 0 Å². The normalized spacial score (nSPS) is 12.0. The lowest BCUT2D eigenvalue weighted by Gasteiger charge is -2.05. The van der Waals surface area contributed by atoms with Crippen molar-refractivity contribution in [3.8, 4) is 0 Å². The average Bonchev–Trinajstić information content (AvgIpc) is 2.49. The molecule has 0 unspecified atom stereocenters. The Morgan fingerprint density at radius 1 is 1.53 bits per heavy atom. The third kappa shape index (κ3) is 5.63. The van der Waals surface area contributed by atoms with Crippen molar-refractivity contribution in [2.75, 3.05) is 12.3 Å². The predicted octanol–water partition coefficient (Wildman–Crippen LogP) is 1.16. The van der Waals surface area contributed by atoms with Crippen molar-refractivity contribution in [3.05, 3.63) is 11.9 Å². The highest BCUT2D eigenvalue weighted by atomic mass is 32.2. The molecule has 0 saturated heterocycles. The Hall–Kier alpha value is -0.760. The molecule has 0 aliphatic heterocycles. The molecule has 4 nitrogen and oxygen atoms in total. The minimum absolute atomic E-state index is 0.00373. The van der Waals surface area contributed by atoms with Crippen molar-refractivity contribution in [3.63, 3.8) is 0 Å². The first-order valence-electron chi connectivity index (χ1n) is 4.24. The summed E-state index contributed by atoms with van der Waals surface area (Å²) in [6.07, 6.45) is 1.71. The number of hydrogen-bond donors (Lipinski definition) is 1. The third-order valence-corrected chi connectivity index (χ3v) is 2.24. The van der Waals surface area contributed by atoms with Crippen molar-refractivity contribution in [1.29, 1.82) is 0 Å². The van der Waals surface area contributed by atoms with Gasteiger partial charge in [-0.1, -0.05) is 5.21 Å². The summed E-state index contributed by atoms with van der Waals surface area (Å²) in [5.41, 5.74) is -3.43. The molecule has 0 spiro atoms. The molecule has 0 aromatic carbocycles. The molecule has 1 rings (SSSR count). The number of aryl methyl sites for hydroxylation is 1. The van der Waals surface area contributed by atoms with Gasteiger partial charge in [0.25, 0.3) is 0 Å². The minimum Gasteiger partial charge on any atom is -0.310 e. The van der Waals surface area contributed by atoms with E-state index in [1.54, 1.807) is 17.9 Å². The first-order chi connectivity index (χ1) is 6.97. The molecule has 1 aromatic rings. The van der Waals surface area contributed by atoms with Crippen molar-refractivity contribution >= 4 is 11.8 Å². The lowest BCUT2D eigenvalue weighted by molar-refractivity contribution is -0.0327. The molecule has 0 radical (unpaired) electrons. The van der Waals surface area contributed by atoms with Gasteiger partial charge >= 0.3 is 5.51 Å². The molecule has 0 saturated carbocycles. The number of thioether (sulfide) groups is 1. The predicted molar refractivity (Wildman–Crippen MR) is 51.2 cm³/mol. The first-order valence-corrected chi connectivity index (χ1v) is 5.22. The van der Waals surface area contributed by atoms with Gasteiger partial charge in [0.2, 0.25) is 0 Å². The fraction of sp³-hybridized carbons (Fsp3) is 0.714. The van der Waals surface area contributed by atoms with Gasteiger partial charge in [-0.3, -0.25) is 4.68 Å². The Bertz CT molecular complexity index is 299. The third-order valence-electron chi connectivity index (χ3n) is 1.50. The Labute approximate surface area is 89.2 Å². The van der Waals surface area contributed by atoms with Crippen molar-refractivity contribution < 1.29 is 13.2 Å². The van der Waals surface area contributed by atoms with Crippen LogP contribution in [0.1, 0.15) is 5.69 Å².